The number of hydrogen-bond donors (Lipinski definition) is 1. The van der Waals surface area contributed by atoms with Crippen LogP contribution in [-0.2, 0) is 11.2 Å². The average Bonchev–Trinajstić information content (AvgIpc) is 2.68. The topological polar surface area (TPSA) is 64.1 Å². The third kappa shape index (κ3) is 6.04. The lowest BCUT2D eigenvalue weighted by atomic mass is 10.1. The van der Waals surface area contributed by atoms with Gasteiger partial charge in [-0.2, -0.15) is 0 Å². The minimum atomic E-state index is -0.332. The molecule has 0 spiro atoms. The van der Waals surface area contributed by atoms with E-state index in [0.29, 0.717) is 30.2 Å². The number of hydrogen-bond acceptors (Lipinski definition) is 4. The highest BCUT2D eigenvalue weighted by Gasteiger charge is 2.01. The summed E-state index contributed by atoms with van der Waals surface area (Å²) >= 11 is 0. The summed E-state index contributed by atoms with van der Waals surface area (Å²) in [5, 5.41) is 2.80. The second-order valence-electron chi connectivity index (χ2n) is 5.72. The molecule has 0 aliphatic heterocycles. The molecular formula is C21H18FN3O2. The Bertz CT molecular complexity index is 929. The van der Waals surface area contributed by atoms with E-state index in [4.69, 9.17) is 4.74 Å². The van der Waals surface area contributed by atoms with Gasteiger partial charge in [0.1, 0.15) is 11.6 Å². The monoisotopic (exact) mass is 363 g/mol. The van der Waals surface area contributed by atoms with Gasteiger partial charge in [-0.3, -0.25) is 9.78 Å². The number of benzene rings is 2. The summed E-state index contributed by atoms with van der Waals surface area (Å²) in [6, 6.07) is 13.6. The van der Waals surface area contributed by atoms with Crippen LogP contribution < -0.4 is 10.1 Å². The van der Waals surface area contributed by atoms with Crippen molar-refractivity contribution in [1.29, 1.82) is 0 Å². The van der Waals surface area contributed by atoms with E-state index in [1.165, 1.54) is 24.4 Å². The summed E-state index contributed by atoms with van der Waals surface area (Å²) in [7, 11) is 0. The van der Waals surface area contributed by atoms with Crippen LogP contribution in [0.2, 0.25) is 0 Å². The van der Waals surface area contributed by atoms with Crippen LogP contribution in [0.1, 0.15) is 11.1 Å². The molecule has 27 heavy (non-hydrogen) atoms. The van der Waals surface area contributed by atoms with Crippen molar-refractivity contribution in [2.24, 2.45) is 0 Å². The van der Waals surface area contributed by atoms with Gasteiger partial charge in [0.15, 0.2) is 0 Å². The summed E-state index contributed by atoms with van der Waals surface area (Å²) in [5.74, 6) is 0.517. The number of nitrogens with one attached hydrogen (secondary N) is 1. The first kappa shape index (κ1) is 18.3. The fourth-order valence-corrected chi connectivity index (χ4v) is 2.39. The van der Waals surface area contributed by atoms with Crippen molar-refractivity contribution < 1.29 is 13.9 Å². The number of rotatable bonds is 7. The quantitative estimate of drug-likeness (QED) is 0.649. The average molecular weight is 363 g/mol. The van der Waals surface area contributed by atoms with E-state index in [1.807, 2.05) is 24.3 Å². The molecule has 136 valence electrons. The van der Waals surface area contributed by atoms with Gasteiger partial charge in [0.2, 0.25) is 11.8 Å². The summed E-state index contributed by atoms with van der Waals surface area (Å²) < 4.78 is 18.7. The Balaban J connectivity index is 1.48. The zero-order valence-corrected chi connectivity index (χ0v) is 14.5. The largest absolute Gasteiger partial charge is 0.437 e. The lowest BCUT2D eigenvalue weighted by Crippen LogP contribution is -2.23. The number of carbonyl (C=O) groups excluding carboxylic acids is 1. The standard InChI is InChI=1S/C21H18FN3O2/c22-18-5-1-3-16(13-18)7-8-20(26)24-10-9-17-4-2-6-19(14-17)27-21-15-23-11-12-25-21/h1-8,11-15H,9-10H2,(H,24,26). The second kappa shape index (κ2) is 9.24. The minimum Gasteiger partial charge on any atom is -0.437 e. The van der Waals surface area contributed by atoms with Gasteiger partial charge in [-0.25, -0.2) is 9.37 Å². The maximum absolute atomic E-state index is 13.1. The van der Waals surface area contributed by atoms with Crippen LogP contribution in [0.5, 0.6) is 11.6 Å². The molecule has 0 aliphatic carbocycles. The van der Waals surface area contributed by atoms with E-state index in [2.05, 4.69) is 15.3 Å². The summed E-state index contributed by atoms with van der Waals surface area (Å²) in [4.78, 5) is 19.9. The normalized spacial score (nSPS) is 10.7. The molecule has 0 saturated carbocycles. The summed E-state index contributed by atoms with van der Waals surface area (Å²) in [6.45, 7) is 0.473. The number of carbonyl (C=O) groups is 1. The fourth-order valence-electron chi connectivity index (χ4n) is 2.39. The molecule has 1 amide bonds. The molecule has 1 aromatic heterocycles. The molecule has 0 bridgehead atoms. The Morgan fingerprint density at radius 2 is 2.04 bits per heavy atom. The van der Waals surface area contributed by atoms with Gasteiger partial charge in [0.25, 0.3) is 0 Å². The van der Waals surface area contributed by atoms with Crippen molar-refractivity contribution in [3.63, 3.8) is 0 Å². The molecule has 0 unspecified atom stereocenters. The van der Waals surface area contributed by atoms with Crippen LogP contribution in [0.25, 0.3) is 6.08 Å². The number of aromatic nitrogens is 2. The zero-order chi connectivity index (χ0) is 18.9. The molecule has 1 N–H and O–H groups in total. The lowest BCUT2D eigenvalue weighted by Gasteiger charge is -2.07. The Morgan fingerprint density at radius 1 is 1.15 bits per heavy atom. The molecule has 3 rings (SSSR count). The van der Waals surface area contributed by atoms with Gasteiger partial charge in [-0.05, 0) is 47.9 Å². The molecule has 0 saturated heterocycles. The van der Waals surface area contributed by atoms with Crippen LogP contribution in [0.4, 0.5) is 4.39 Å². The Hall–Kier alpha value is -3.54. The van der Waals surface area contributed by atoms with E-state index >= 15 is 0 Å². The van der Waals surface area contributed by atoms with Crippen LogP contribution in [0, 0.1) is 5.82 Å². The van der Waals surface area contributed by atoms with Crippen molar-refractivity contribution >= 4 is 12.0 Å². The van der Waals surface area contributed by atoms with Gasteiger partial charge >= 0.3 is 0 Å². The summed E-state index contributed by atoms with van der Waals surface area (Å²) in [5.41, 5.74) is 1.66. The lowest BCUT2D eigenvalue weighted by molar-refractivity contribution is -0.116. The van der Waals surface area contributed by atoms with Crippen molar-refractivity contribution in [3.05, 3.63) is 90.1 Å². The Morgan fingerprint density at radius 3 is 2.85 bits per heavy atom. The zero-order valence-electron chi connectivity index (χ0n) is 14.5. The summed E-state index contributed by atoms with van der Waals surface area (Å²) in [6.07, 6.45) is 8.30. The van der Waals surface area contributed by atoms with Crippen LogP contribution >= 0.6 is 0 Å². The molecule has 6 heteroatoms. The minimum absolute atomic E-state index is 0.230. The van der Waals surface area contributed by atoms with Gasteiger partial charge in [0.05, 0.1) is 6.20 Å². The molecule has 0 fully saturated rings. The number of amides is 1. The molecular weight excluding hydrogens is 345 g/mol. The van der Waals surface area contributed by atoms with E-state index < -0.39 is 0 Å². The van der Waals surface area contributed by atoms with Crippen molar-refractivity contribution in [2.75, 3.05) is 6.54 Å². The molecule has 0 atom stereocenters. The second-order valence-corrected chi connectivity index (χ2v) is 5.72. The smallest absolute Gasteiger partial charge is 0.244 e. The third-order valence-corrected chi connectivity index (χ3v) is 3.65. The predicted molar refractivity (Wildman–Crippen MR) is 101 cm³/mol. The maximum atomic E-state index is 13.1. The highest BCUT2D eigenvalue weighted by atomic mass is 19.1. The van der Waals surface area contributed by atoms with Crippen LogP contribution in [-0.4, -0.2) is 22.4 Å². The van der Waals surface area contributed by atoms with E-state index in [1.54, 1.807) is 30.6 Å². The predicted octanol–water partition coefficient (Wildman–Crippen LogP) is 3.78. The van der Waals surface area contributed by atoms with E-state index in [9.17, 15) is 9.18 Å². The van der Waals surface area contributed by atoms with Crippen molar-refractivity contribution in [2.45, 2.75) is 6.42 Å². The van der Waals surface area contributed by atoms with Gasteiger partial charge in [-0.15, -0.1) is 0 Å². The molecule has 1 heterocycles. The van der Waals surface area contributed by atoms with Gasteiger partial charge < -0.3 is 10.1 Å². The van der Waals surface area contributed by atoms with E-state index in [-0.39, 0.29) is 11.7 Å². The maximum Gasteiger partial charge on any atom is 0.244 e. The van der Waals surface area contributed by atoms with Gasteiger partial charge in [-0.1, -0.05) is 24.3 Å². The first-order valence-electron chi connectivity index (χ1n) is 8.43. The van der Waals surface area contributed by atoms with Crippen molar-refractivity contribution in [1.82, 2.24) is 15.3 Å². The highest BCUT2D eigenvalue weighted by Crippen LogP contribution is 2.19. The van der Waals surface area contributed by atoms with Gasteiger partial charge in [0, 0.05) is 25.0 Å². The number of nitrogens with zero attached hydrogens (tertiary/aromatic N) is 2. The van der Waals surface area contributed by atoms with Crippen molar-refractivity contribution in [3.8, 4) is 11.6 Å². The Kier molecular flexibility index (Phi) is 6.25. The SMILES string of the molecule is O=C(C=Cc1cccc(F)c1)NCCc1cccc(Oc2cnccn2)c1. The molecule has 0 aliphatic rings. The first-order valence-corrected chi connectivity index (χ1v) is 8.43. The highest BCUT2D eigenvalue weighted by molar-refractivity contribution is 5.91. The fraction of sp³-hybridized carbons (Fsp3) is 0.0952. The third-order valence-electron chi connectivity index (χ3n) is 3.65. The molecule has 3 aromatic rings. The van der Waals surface area contributed by atoms with E-state index in [0.717, 1.165) is 5.56 Å². The Labute approximate surface area is 156 Å². The molecule has 2 aromatic carbocycles. The first-order chi connectivity index (χ1) is 13.2. The number of ether oxygens (including phenoxy) is 1. The van der Waals surface area contributed by atoms with Crippen LogP contribution in [0.15, 0.2) is 73.2 Å². The number of halogens is 1. The molecule has 0 radical (unpaired) electrons. The van der Waals surface area contributed by atoms with Crippen LogP contribution in [0.3, 0.4) is 0 Å². The molecule has 5 nitrogen and oxygen atoms in total.